The number of nitrogens with zero attached hydrogens (tertiary/aromatic N) is 1. The number of benzene rings is 2. The summed E-state index contributed by atoms with van der Waals surface area (Å²) in [5.74, 6) is 0.424. The Balaban J connectivity index is 1.90. The number of aliphatic imine (C=N–C) groups is 1. The summed E-state index contributed by atoms with van der Waals surface area (Å²) in [6.07, 6.45) is 1.73. The van der Waals surface area contributed by atoms with Crippen molar-refractivity contribution in [2.75, 3.05) is 7.11 Å². The van der Waals surface area contributed by atoms with Crippen LogP contribution in [-0.4, -0.2) is 24.5 Å². The van der Waals surface area contributed by atoms with Crippen LogP contribution in [0.25, 0.3) is 0 Å². The van der Waals surface area contributed by atoms with E-state index in [1.54, 1.807) is 32.2 Å². The average molecular weight is 400 g/mol. The Morgan fingerprint density at radius 1 is 1.20 bits per heavy atom. The summed E-state index contributed by atoms with van der Waals surface area (Å²) >= 11 is 3.42. The van der Waals surface area contributed by atoms with Gasteiger partial charge in [-0.3, -0.25) is 4.79 Å². The van der Waals surface area contributed by atoms with Crippen LogP contribution in [-0.2, 0) is 9.53 Å². The van der Waals surface area contributed by atoms with E-state index in [1.807, 2.05) is 36.4 Å². The summed E-state index contributed by atoms with van der Waals surface area (Å²) in [7, 11) is 1.60. The maximum atomic E-state index is 12.6. The predicted molar refractivity (Wildman–Crippen MR) is 101 cm³/mol. The number of ether oxygens (including phenoxy) is 2. The van der Waals surface area contributed by atoms with Gasteiger partial charge in [0.15, 0.2) is 5.60 Å². The molecular formula is C20H18BrNO3. The Morgan fingerprint density at radius 3 is 2.40 bits per heavy atom. The van der Waals surface area contributed by atoms with Gasteiger partial charge in [0.1, 0.15) is 5.75 Å². The fourth-order valence-corrected chi connectivity index (χ4v) is 3.14. The number of carbonyl (C=O) groups is 1. The van der Waals surface area contributed by atoms with E-state index in [0.29, 0.717) is 5.90 Å². The molecule has 0 aromatic heterocycles. The van der Waals surface area contributed by atoms with Gasteiger partial charge in [0.05, 0.1) is 13.0 Å². The number of hydrogen-bond donors (Lipinski definition) is 0. The molecule has 0 N–H and O–H groups in total. The molecule has 0 fully saturated rings. The Hall–Kier alpha value is -2.40. The van der Waals surface area contributed by atoms with Gasteiger partial charge in [-0.15, -0.1) is 6.58 Å². The second kappa shape index (κ2) is 6.84. The fourth-order valence-electron chi connectivity index (χ4n) is 2.87. The normalized spacial score (nSPS) is 20.6. The summed E-state index contributed by atoms with van der Waals surface area (Å²) < 4.78 is 12.2. The van der Waals surface area contributed by atoms with E-state index in [1.165, 1.54) is 0 Å². The van der Waals surface area contributed by atoms with E-state index >= 15 is 0 Å². The fraction of sp³-hybridized carbons (Fsp3) is 0.200. The highest BCUT2D eigenvalue weighted by Gasteiger charge is 2.48. The maximum Gasteiger partial charge on any atom is 0.293 e. The first-order valence-electron chi connectivity index (χ1n) is 7.82. The minimum absolute atomic E-state index is 0.312. The van der Waals surface area contributed by atoms with Crippen LogP contribution in [0.1, 0.15) is 24.0 Å². The van der Waals surface area contributed by atoms with Crippen molar-refractivity contribution >= 4 is 27.7 Å². The lowest BCUT2D eigenvalue weighted by Crippen LogP contribution is -2.39. The first-order chi connectivity index (χ1) is 12.0. The monoisotopic (exact) mass is 399 g/mol. The van der Waals surface area contributed by atoms with Crippen LogP contribution in [0.5, 0.6) is 5.75 Å². The van der Waals surface area contributed by atoms with Crippen LogP contribution >= 0.6 is 15.9 Å². The highest BCUT2D eigenvalue weighted by Crippen LogP contribution is 2.38. The highest BCUT2D eigenvalue weighted by atomic mass is 79.9. The number of halogens is 1. The van der Waals surface area contributed by atoms with Crippen molar-refractivity contribution in [2.24, 2.45) is 4.99 Å². The molecule has 3 rings (SSSR count). The quantitative estimate of drug-likeness (QED) is 0.695. The summed E-state index contributed by atoms with van der Waals surface area (Å²) in [5, 5.41) is 0. The van der Waals surface area contributed by atoms with Crippen LogP contribution in [0.2, 0.25) is 0 Å². The Kier molecular flexibility index (Phi) is 4.77. The largest absolute Gasteiger partial charge is 0.497 e. The third-order valence-corrected chi connectivity index (χ3v) is 4.86. The van der Waals surface area contributed by atoms with Gasteiger partial charge in [0.25, 0.3) is 5.91 Å². The van der Waals surface area contributed by atoms with Crippen LogP contribution in [0.15, 0.2) is 70.7 Å². The molecule has 0 radical (unpaired) electrons. The van der Waals surface area contributed by atoms with Crippen molar-refractivity contribution in [2.45, 2.75) is 18.4 Å². The van der Waals surface area contributed by atoms with Gasteiger partial charge in [-0.05, 0) is 48.9 Å². The highest BCUT2D eigenvalue weighted by molar-refractivity contribution is 9.10. The molecule has 2 aromatic rings. The molecule has 0 aliphatic carbocycles. The minimum atomic E-state index is -1.12. The van der Waals surface area contributed by atoms with Crippen LogP contribution < -0.4 is 4.74 Å². The molecule has 2 atom stereocenters. The number of amides is 1. The van der Waals surface area contributed by atoms with Crippen molar-refractivity contribution in [3.63, 3.8) is 0 Å². The van der Waals surface area contributed by atoms with E-state index in [2.05, 4.69) is 27.5 Å². The topological polar surface area (TPSA) is 47.9 Å². The molecule has 1 amide bonds. The van der Waals surface area contributed by atoms with E-state index < -0.39 is 5.60 Å². The third-order valence-electron chi connectivity index (χ3n) is 4.33. The molecule has 0 saturated carbocycles. The Labute approximate surface area is 155 Å². The van der Waals surface area contributed by atoms with Gasteiger partial charge in [-0.1, -0.05) is 34.1 Å². The van der Waals surface area contributed by atoms with Crippen molar-refractivity contribution < 1.29 is 14.3 Å². The molecule has 0 spiro atoms. The molecule has 0 unspecified atom stereocenters. The van der Waals surface area contributed by atoms with E-state index in [0.717, 1.165) is 21.3 Å². The number of carbonyl (C=O) groups excluding carboxylic acids is 1. The molecule has 4 nitrogen and oxygen atoms in total. The zero-order valence-electron chi connectivity index (χ0n) is 14.0. The second-order valence-corrected chi connectivity index (χ2v) is 6.84. The Bertz CT molecular complexity index is 827. The number of hydrogen-bond acceptors (Lipinski definition) is 3. The van der Waals surface area contributed by atoms with Crippen LogP contribution in [0.4, 0.5) is 0 Å². The molecule has 128 valence electrons. The molecule has 1 aliphatic heterocycles. The van der Waals surface area contributed by atoms with Gasteiger partial charge in [0, 0.05) is 10.0 Å². The zero-order valence-corrected chi connectivity index (χ0v) is 15.6. The van der Waals surface area contributed by atoms with Crippen molar-refractivity contribution in [3.05, 3.63) is 76.8 Å². The molecule has 5 heteroatoms. The maximum absolute atomic E-state index is 12.6. The molecule has 2 aromatic carbocycles. The lowest BCUT2D eigenvalue weighted by molar-refractivity contribution is -0.130. The number of methoxy groups -OCH3 is 1. The van der Waals surface area contributed by atoms with Gasteiger partial charge in [-0.25, -0.2) is 0 Å². The summed E-state index contributed by atoms with van der Waals surface area (Å²) in [4.78, 5) is 16.8. The predicted octanol–water partition coefficient (Wildman–Crippen LogP) is 4.49. The van der Waals surface area contributed by atoms with Crippen LogP contribution in [0, 0.1) is 0 Å². The average Bonchev–Trinajstić information content (AvgIpc) is 2.93. The van der Waals surface area contributed by atoms with E-state index in [-0.39, 0.29) is 11.8 Å². The summed E-state index contributed by atoms with van der Waals surface area (Å²) in [5.41, 5.74) is 0.557. The van der Waals surface area contributed by atoms with Gasteiger partial charge < -0.3 is 9.47 Å². The SMILES string of the molecule is C=C[C@H](c1ccc(Br)cc1)[C@@]1(C)OC(c2ccc(OC)cc2)=NC1=O. The standard InChI is InChI=1S/C20H18BrNO3/c1-4-17(13-5-9-15(21)10-6-13)20(2)19(23)22-18(25-20)14-7-11-16(24-3)12-8-14/h4-12,17H,1H2,2-3H3/t17-,20-/m1/s1. The number of rotatable bonds is 5. The molecule has 0 saturated heterocycles. The lowest BCUT2D eigenvalue weighted by Gasteiger charge is -2.29. The Morgan fingerprint density at radius 2 is 1.84 bits per heavy atom. The molecular weight excluding hydrogens is 382 g/mol. The van der Waals surface area contributed by atoms with Gasteiger partial charge >= 0.3 is 0 Å². The van der Waals surface area contributed by atoms with Crippen molar-refractivity contribution in [3.8, 4) is 5.75 Å². The third kappa shape index (κ3) is 3.24. The van der Waals surface area contributed by atoms with Crippen molar-refractivity contribution in [1.29, 1.82) is 0 Å². The van der Waals surface area contributed by atoms with Crippen LogP contribution in [0.3, 0.4) is 0 Å². The summed E-state index contributed by atoms with van der Waals surface area (Å²) in [6, 6.07) is 15.0. The smallest absolute Gasteiger partial charge is 0.293 e. The zero-order chi connectivity index (χ0) is 18.0. The van der Waals surface area contributed by atoms with Gasteiger partial charge in [0.2, 0.25) is 5.90 Å². The van der Waals surface area contributed by atoms with E-state index in [9.17, 15) is 4.79 Å². The first-order valence-corrected chi connectivity index (χ1v) is 8.62. The lowest BCUT2D eigenvalue weighted by atomic mass is 9.83. The molecule has 1 heterocycles. The van der Waals surface area contributed by atoms with Gasteiger partial charge in [-0.2, -0.15) is 4.99 Å². The molecule has 0 bridgehead atoms. The van der Waals surface area contributed by atoms with Crippen molar-refractivity contribution in [1.82, 2.24) is 0 Å². The first kappa shape index (κ1) is 17.4. The van der Waals surface area contributed by atoms with E-state index in [4.69, 9.17) is 9.47 Å². The molecule has 1 aliphatic rings. The minimum Gasteiger partial charge on any atom is -0.497 e. The second-order valence-electron chi connectivity index (χ2n) is 5.92. The molecule has 25 heavy (non-hydrogen) atoms. The summed E-state index contributed by atoms with van der Waals surface area (Å²) in [6.45, 7) is 5.65.